The molecule has 2 rings (SSSR count). The van der Waals surface area contributed by atoms with E-state index in [2.05, 4.69) is 10.6 Å². The molecule has 0 radical (unpaired) electrons. The highest BCUT2D eigenvalue weighted by Gasteiger charge is 2.50. The zero-order valence-electron chi connectivity index (χ0n) is 18.6. The molecule has 0 aromatic heterocycles. The van der Waals surface area contributed by atoms with E-state index >= 15 is 0 Å². The molecule has 0 bridgehead atoms. The predicted octanol–water partition coefficient (Wildman–Crippen LogP) is 1.59. The van der Waals surface area contributed by atoms with E-state index in [9.17, 15) is 14.4 Å². The first-order valence-electron chi connectivity index (χ1n) is 10.6. The van der Waals surface area contributed by atoms with Gasteiger partial charge >= 0.3 is 0 Å². The van der Waals surface area contributed by atoms with Crippen molar-refractivity contribution < 1.29 is 19.1 Å². The molecular weight excluding hydrogens is 382 g/mol. The van der Waals surface area contributed by atoms with E-state index in [4.69, 9.17) is 10.5 Å². The van der Waals surface area contributed by atoms with Gasteiger partial charge in [-0.3, -0.25) is 14.4 Å². The number of hydrogen-bond donors (Lipinski definition) is 3. The molecule has 1 aromatic rings. The van der Waals surface area contributed by atoms with Gasteiger partial charge in [0.05, 0.1) is 18.7 Å². The molecule has 1 aliphatic rings. The third-order valence-electron chi connectivity index (χ3n) is 5.38. The minimum atomic E-state index is -0.833. The molecule has 1 aromatic carbocycles. The summed E-state index contributed by atoms with van der Waals surface area (Å²) in [6, 6.07) is 7.21. The zero-order chi connectivity index (χ0) is 22.5. The number of carbonyl (C=O) groups is 3. The summed E-state index contributed by atoms with van der Waals surface area (Å²) >= 11 is 0. The highest BCUT2D eigenvalue weighted by Crippen LogP contribution is 2.29. The zero-order valence-corrected chi connectivity index (χ0v) is 18.6. The summed E-state index contributed by atoms with van der Waals surface area (Å²) in [6.07, 6.45) is 0.806. The Labute approximate surface area is 179 Å². The van der Waals surface area contributed by atoms with Crippen molar-refractivity contribution in [3.8, 4) is 0 Å². The SMILES string of the molecule is CC(C)CC(NC(=O)[C@H](Cc1ccccc1)NC(=O)[C@@H](N)C(C)C)C(=O)[C@@]1(C)CO1. The van der Waals surface area contributed by atoms with Gasteiger partial charge in [-0.05, 0) is 30.7 Å². The fraction of sp³-hybridized carbons (Fsp3) is 0.609. The van der Waals surface area contributed by atoms with Crippen LogP contribution in [-0.4, -0.2) is 47.9 Å². The Hall–Kier alpha value is -2.25. The second-order valence-corrected chi connectivity index (χ2v) is 9.10. The monoisotopic (exact) mass is 417 g/mol. The Kier molecular flexibility index (Phi) is 8.15. The average Bonchev–Trinajstić information content (AvgIpc) is 3.44. The molecule has 30 heavy (non-hydrogen) atoms. The number of epoxide rings is 1. The van der Waals surface area contributed by atoms with Crippen molar-refractivity contribution in [1.82, 2.24) is 10.6 Å². The van der Waals surface area contributed by atoms with Crippen LogP contribution in [0.1, 0.15) is 46.6 Å². The number of nitrogens with one attached hydrogen (secondary N) is 2. The number of Topliss-reactive ketones (excluding diaryl/α,β-unsaturated/α-hetero) is 1. The van der Waals surface area contributed by atoms with Gasteiger partial charge in [0.15, 0.2) is 5.78 Å². The number of nitrogens with two attached hydrogens (primary N) is 1. The fourth-order valence-corrected chi connectivity index (χ4v) is 3.22. The van der Waals surface area contributed by atoms with Gasteiger partial charge < -0.3 is 21.1 Å². The van der Waals surface area contributed by atoms with Crippen molar-refractivity contribution >= 4 is 17.6 Å². The van der Waals surface area contributed by atoms with Crippen molar-refractivity contribution in [3.63, 3.8) is 0 Å². The average molecular weight is 418 g/mol. The minimum absolute atomic E-state index is 0.0623. The summed E-state index contributed by atoms with van der Waals surface area (Å²) in [4.78, 5) is 38.6. The Bertz CT molecular complexity index is 744. The predicted molar refractivity (Wildman–Crippen MR) is 116 cm³/mol. The molecule has 0 saturated carbocycles. The van der Waals surface area contributed by atoms with Crippen molar-refractivity contribution in [2.45, 2.75) is 71.2 Å². The van der Waals surface area contributed by atoms with Crippen LogP contribution in [0, 0.1) is 11.8 Å². The summed E-state index contributed by atoms with van der Waals surface area (Å²) in [6.45, 7) is 9.79. The molecule has 1 aliphatic heterocycles. The van der Waals surface area contributed by atoms with Crippen LogP contribution in [0.25, 0.3) is 0 Å². The molecule has 1 heterocycles. The van der Waals surface area contributed by atoms with Crippen LogP contribution in [-0.2, 0) is 25.5 Å². The Morgan fingerprint density at radius 2 is 1.60 bits per heavy atom. The molecular formula is C23H35N3O4. The van der Waals surface area contributed by atoms with Crippen LogP contribution in [0.2, 0.25) is 0 Å². The lowest BCUT2D eigenvalue weighted by molar-refractivity contribution is -0.133. The lowest BCUT2D eigenvalue weighted by Gasteiger charge is -2.26. The smallest absolute Gasteiger partial charge is 0.243 e. The van der Waals surface area contributed by atoms with E-state index in [-0.39, 0.29) is 23.5 Å². The summed E-state index contributed by atoms with van der Waals surface area (Å²) in [5.74, 6) is -0.768. The summed E-state index contributed by atoms with van der Waals surface area (Å²) < 4.78 is 5.29. The van der Waals surface area contributed by atoms with Gasteiger partial charge in [-0.25, -0.2) is 0 Å². The van der Waals surface area contributed by atoms with E-state index in [1.807, 2.05) is 58.0 Å². The second-order valence-electron chi connectivity index (χ2n) is 9.10. The number of rotatable bonds is 11. The number of amides is 2. The fourth-order valence-electron chi connectivity index (χ4n) is 3.22. The maximum Gasteiger partial charge on any atom is 0.243 e. The standard InChI is InChI=1S/C23H35N3O4/c1-14(2)11-17(20(27)23(5)13-30-23)25-21(28)18(12-16-9-7-6-8-10-16)26-22(29)19(24)15(3)4/h6-10,14-15,17-19H,11-13,24H2,1-5H3,(H,25,28)(H,26,29)/t17?,18-,19-,23+/m0/s1. The Morgan fingerprint density at radius 3 is 2.10 bits per heavy atom. The third-order valence-corrected chi connectivity index (χ3v) is 5.38. The van der Waals surface area contributed by atoms with Gasteiger partial charge in [-0.1, -0.05) is 58.0 Å². The van der Waals surface area contributed by atoms with Crippen LogP contribution in [0.4, 0.5) is 0 Å². The molecule has 1 unspecified atom stereocenters. The molecule has 1 fully saturated rings. The topological polar surface area (TPSA) is 114 Å². The number of ether oxygens (including phenoxy) is 1. The van der Waals surface area contributed by atoms with Gasteiger partial charge in [-0.2, -0.15) is 0 Å². The molecule has 4 atom stereocenters. The minimum Gasteiger partial charge on any atom is -0.361 e. The summed E-state index contributed by atoms with van der Waals surface area (Å²) in [7, 11) is 0. The molecule has 166 valence electrons. The van der Waals surface area contributed by atoms with Crippen molar-refractivity contribution in [2.24, 2.45) is 17.6 Å². The van der Waals surface area contributed by atoms with E-state index in [0.29, 0.717) is 19.4 Å². The van der Waals surface area contributed by atoms with Gasteiger partial charge in [-0.15, -0.1) is 0 Å². The van der Waals surface area contributed by atoms with Crippen LogP contribution < -0.4 is 16.4 Å². The van der Waals surface area contributed by atoms with Crippen molar-refractivity contribution in [1.29, 1.82) is 0 Å². The molecule has 0 spiro atoms. The van der Waals surface area contributed by atoms with Crippen molar-refractivity contribution in [3.05, 3.63) is 35.9 Å². The normalized spacial score (nSPS) is 21.1. The van der Waals surface area contributed by atoms with E-state index in [1.165, 1.54) is 0 Å². The van der Waals surface area contributed by atoms with Gasteiger partial charge in [0.2, 0.25) is 11.8 Å². The highest BCUT2D eigenvalue weighted by atomic mass is 16.6. The molecule has 1 saturated heterocycles. The number of hydrogen-bond acceptors (Lipinski definition) is 5. The first-order chi connectivity index (χ1) is 14.0. The Balaban J connectivity index is 2.18. The third kappa shape index (κ3) is 6.64. The van der Waals surface area contributed by atoms with Crippen molar-refractivity contribution in [2.75, 3.05) is 6.61 Å². The van der Waals surface area contributed by atoms with E-state index < -0.39 is 29.6 Å². The maximum atomic E-state index is 13.2. The summed E-state index contributed by atoms with van der Waals surface area (Å²) in [5.41, 5.74) is 6.04. The first-order valence-corrected chi connectivity index (χ1v) is 10.6. The quantitative estimate of drug-likeness (QED) is 0.473. The van der Waals surface area contributed by atoms with Crippen LogP contribution in [0.3, 0.4) is 0 Å². The van der Waals surface area contributed by atoms with E-state index in [0.717, 1.165) is 5.56 Å². The lowest BCUT2D eigenvalue weighted by Crippen LogP contribution is -2.57. The van der Waals surface area contributed by atoms with Crippen LogP contribution >= 0.6 is 0 Å². The number of carbonyl (C=O) groups excluding carboxylic acids is 3. The molecule has 2 amide bonds. The molecule has 7 heteroatoms. The number of ketones is 1. The molecule has 0 aliphatic carbocycles. The number of benzene rings is 1. The Morgan fingerprint density at radius 1 is 1.03 bits per heavy atom. The molecule has 7 nitrogen and oxygen atoms in total. The summed E-state index contributed by atoms with van der Waals surface area (Å²) in [5, 5.41) is 5.64. The van der Waals surface area contributed by atoms with Crippen LogP contribution in [0.5, 0.6) is 0 Å². The second kappa shape index (κ2) is 10.2. The van der Waals surface area contributed by atoms with Crippen LogP contribution in [0.15, 0.2) is 30.3 Å². The lowest BCUT2D eigenvalue weighted by atomic mass is 9.93. The van der Waals surface area contributed by atoms with E-state index in [1.54, 1.807) is 6.92 Å². The largest absolute Gasteiger partial charge is 0.361 e. The van der Waals surface area contributed by atoms with Gasteiger partial charge in [0.1, 0.15) is 11.6 Å². The first kappa shape index (κ1) is 24.0. The maximum absolute atomic E-state index is 13.2. The van der Waals surface area contributed by atoms with Gasteiger partial charge in [0.25, 0.3) is 0 Å². The molecule has 4 N–H and O–H groups in total. The highest BCUT2D eigenvalue weighted by molar-refractivity contribution is 5.98. The van der Waals surface area contributed by atoms with Gasteiger partial charge in [0, 0.05) is 6.42 Å².